The number of nitrogens with zero attached hydrogens (tertiary/aromatic N) is 1. The van der Waals surface area contributed by atoms with Gasteiger partial charge in [0.25, 0.3) is 0 Å². The zero-order chi connectivity index (χ0) is 10.7. The third-order valence-electron chi connectivity index (χ3n) is 2.91. The van der Waals surface area contributed by atoms with Gasteiger partial charge in [0, 0.05) is 0 Å². The van der Waals surface area contributed by atoms with Crippen LogP contribution in [0.3, 0.4) is 0 Å². The van der Waals surface area contributed by atoms with Crippen molar-refractivity contribution in [3.05, 3.63) is 0 Å². The molecule has 1 amide bonds. The maximum atomic E-state index is 11.3. The van der Waals surface area contributed by atoms with Crippen LogP contribution in [0, 0.1) is 0 Å². The molecule has 3 atom stereocenters. The van der Waals surface area contributed by atoms with Crippen molar-refractivity contribution in [2.24, 2.45) is 0 Å². The quantitative estimate of drug-likeness (QED) is 0.379. The molecule has 14 heavy (non-hydrogen) atoms. The van der Waals surface area contributed by atoms with Crippen molar-refractivity contribution < 1.29 is 24.5 Å². The van der Waals surface area contributed by atoms with E-state index in [1.54, 1.807) is 13.8 Å². The van der Waals surface area contributed by atoms with Gasteiger partial charge in [-0.25, -0.2) is 14.8 Å². The number of thioether (sulfide) groups is 1. The lowest BCUT2D eigenvalue weighted by atomic mass is 9.97. The molecule has 0 aliphatic carbocycles. The Labute approximate surface area is 85.2 Å². The van der Waals surface area contributed by atoms with Gasteiger partial charge in [-0.05, 0) is 13.8 Å². The molecule has 6 heteroatoms. The summed E-state index contributed by atoms with van der Waals surface area (Å²) in [5, 5.41) is 18.7. The average molecular weight is 218 g/mol. The van der Waals surface area contributed by atoms with E-state index in [1.807, 2.05) is 0 Å². The van der Waals surface area contributed by atoms with E-state index in [0.29, 0.717) is 0 Å². The number of hydrogen-bond donors (Lipinski definition) is 2. The Morgan fingerprint density at radius 2 is 2.21 bits per heavy atom. The molecule has 0 aromatic carbocycles. The lowest BCUT2D eigenvalue weighted by Crippen LogP contribution is -2.70. The Morgan fingerprint density at radius 1 is 1.64 bits per heavy atom. The van der Waals surface area contributed by atoms with Gasteiger partial charge in [0.1, 0.15) is 6.42 Å². The van der Waals surface area contributed by atoms with Gasteiger partial charge in [-0.3, -0.25) is 0 Å². The molecule has 0 aromatic rings. The van der Waals surface area contributed by atoms with Crippen molar-refractivity contribution in [2.75, 3.05) is 0 Å². The third-order valence-corrected chi connectivity index (χ3v) is 4.50. The van der Waals surface area contributed by atoms with Crippen LogP contribution in [0.5, 0.6) is 0 Å². The molecule has 2 saturated heterocycles. The Kier molecular flexibility index (Phi) is 1.78. The second-order valence-corrected chi connectivity index (χ2v) is 6.08. The molecule has 0 bridgehead atoms. The van der Waals surface area contributed by atoms with E-state index < -0.39 is 21.4 Å². The summed E-state index contributed by atoms with van der Waals surface area (Å²) in [6, 6.07) is -1.04. The van der Waals surface area contributed by atoms with Crippen LogP contribution in [-0.4, -0.2) is 43.0 Å². The van der Waals surface area contributed by atoms with Crippen LogP contribution in [0.2, 0.25) is 0 Å². The van der Waals surface area contributed by atoms with Gasteiger partial charge in [-0.1, -0.05) is 16.4 Å². The predicted molar refractivity (Wildman–Crippen MR) is 48.6 cm³/mol. The number of hydrogen-bond acceptors (Lipinski definition) is 4. The highest BCUT2D eigenvalue weighted by Gasteiger charge is 2.74. The van der Waals surface area contributed by atoms with E-state index >= 15 is 0 Å². The van der Waals surface area contributed by atoms with E-state index in [9.17, 15) is 14.8 Å². The summed E-state index contributed by atoms with van der Waals surface area (Å²) in [6.45, 7) is 3.50. The Balaban J connectivity index is 2.43. The van der Waals surface area contributed by atoms with E-state index in [2.05, 4.69) is 0 Å². The standard InChI is InChI=1S/C8H11NO4S/c1-8(2)6(7(11)12)9(13)4(10)3-5(9)14-8/h5-6,13H,3H2,1-2H3/p+1/t5-,6+,9?/m1/s1. The maximum Gasteiger partial charge on any atom is 0.367 e. The summed E-state index contributed by atoms with van der Waals surface area (Å²) in [7, 11) is 0. The average Bonchev–Trinajstić information content (AvgIpc) is 2.17. The minimum absolute atomic E-state index is 0.272. The molecule has 0 radical (unpaired) electrons. The largest absolute Gasteiger partial charge is 0.477 e. The lowest BCUT2D eigenvalue weighted by Gasteiger charge is -2.39. The van der Waals surface area contributed by atoms with Crippen LogP contribution in [0.15, 0.2) is 0 Å². The van der Waals surface area contributed by atoms with E-state index in [-0.39, 0.29) is 17.7 Å². The summed E-state index contributed by atoms with van der Waals surface area (Å²) in [4.78, 5) is 22.3. The minimum atomic E-state index is -1.11. The van der Waals surface area contributed by atoms with Gasteiger partial charge in [-0.15, -0.1) is 0 Å². The number of carboxylic acid groups (broad SMARTS) is 1. The Bertz CT molecular complexity index is 329. The molecule has 0 aromatic heterocycles. The first-order chi connectivity index (χ1) is 6.30. The molecular weight excluding hydrogens is 206 g/mol. The molecule has 0 spiro atoms. The summed E-state index contributed by atoms with van der Waals surface area (Å²) in [5.74, 6) is -1.50. The Hall–Kier alpha value is -0.590. The van der Waals surface area contributed by atoms with E-state index in [1.165, 1.54) is 11.8 Å². The molecule has 2 aliphatic rings. The number of β-lactam (4-membered cyclic amide) rings is 1. The van der Waals surface area contributed by atoms with Gasteiger partial charge in [0.2, 0.25) is 6.04 Å². The van der Waals surface area contributed by atoms with Crippen LogP contribution in [-0.2, 0) is 9.59 Å². The second kappa shape index (κ2) is 2.50. The summed E-state index contributed by atoms with van der Waals surface area (Å²) < 4.78 is -1.51. The molecule has 78 valence electrons. The van der Waals surface area contributed by atoms with Crippen molar-refractivity contribution in [1.82, 2.24) is 0 Å². The lowest BCUT2D eigenvalue weighted by molar-refractivity contribution is -1.08. The molecule has 1 unspecified atom stereocenters. The van der Waals surface area contributed by atoms with Gasteiger partial charge >= 0.3 is 11.9 Å². The van der Waals surface area contributed by atoms with Crippen molar-refractivity contribution >= 4 is 23.6 Å². The molecule has 0 saturated carbocycles. The fourth-order valence-electron chi connectivity index (χ4n) is 2.27. The summed E-state index contributed by atoms with van der Waals surface area (Å²) in [5.41, 5.74) is 0. The molecule has 2 heterocycles. The summed E-state index contributed by atoms with van der Waals surface area (Å²) in [6.07, 6.45) is 0.272. The van der Waals surface area contributed by atoms with Gasteiger partial charge in [-0.2, -0.15) is 0 Å². The van der Waals surface area contributed by atoms with Crippen molar-refractivity contribution in [3.63, 3.8) is 0 Å². The van der Waals surface area contributed by atoms with Crippen molar-refractivity contribution in [1.29, 1.82) is 0 Å². The highest BCUT2D eigenvalue weighted by Crippen LogP contribution is 2.55. The van der Waals surface area contributed by atoms with Crippen molar-refractivity contribution in [2.45, 2.75) is 36.4 Å². The fourth-order valence-corrected chi connectivity index (χ4v) is 3.99. The predicted octanol–water partition coefficient (Wildman–Crippen LogP) is 0.427. The van der Waals surface area contributed by atoms with E-state index in [4.69, 9.17) is 5.11 Å². The summed E-state index contributed by atoms with van der Waals surface area (Å²) >= 11 is 1.38. The van der Waals surface area contributed by atoms with Crippen LogP contribution >= 0.6 is 11.8 Å². The molecule has 2 rings (SSSR count). The minimum Gasteiger partial charge on any atom is -0.477 e. The topological polar surface area (TPSA) is 74.6 Å². The molecule has 5 nitrogen and oxygen atoms in total. The van der Waals surface area contributed by atoms with E-state index in [0.717, 1.165) is 0 Å². The first-order valence-corrected chi connectivity index (χ1v) is 5.23. The number of quaternary nitrogens is 1. The number of aliphatic carboxylic acids is 1. The third kappa shape index (κ3) is 0.933. The van der Waals surface area contributed by atoms with Gasteiger partial charge in [0.05, 0.1) is 4.75 Å². The molecule has 2 aliphatic heterocycles. The van der Waals surface area contributed by atoms with Crippen LogP contribution in [0.25, 0.3) is 0 Å². The zero-order valence-electron chi connectivity index (χ0n) is 7.93. The van der Waals surface area contributed by atoms with Crippen molar-refractivity contribution in [3.8, 4) is 0 Å². The van der Waals surface area contributed by atoms with Crippen LogP contribution in [0.1, 0.15) is 20.3 Å². The highest BCUT2D eigenvalue weighted by atomic mass is 32.2. The molecular formula is C8H12NO4S+. The first-order valence-electron chi connectivity index (χ1n) is 4.35. The maximum absolute atomic E-state index is 11.3. The molecule has 2 N–H and O–H groups in total. The number of fused-ring (bicyclic) bond motifs is 1. The second-order valence-electron chi connectivity index (χ2n) is 4.25. The zero-order valence-corrected chi connectivity index (χ0v) is 8.74. The number of carboxylic acids is 1. The highest BCUT2D eigenvalue weighted by molar-refractivity contribution is 8.01. The normalized spacial score (nSPS) is 44.4. The number of rotatable bonds is 1. The monoisotopic (exact) mass is 218 g/mol. The smallest absolute Gasteiger partial charge is 0.367 e. The number of carbonyl (C=O) groups is 2. The molecule has 2 fully saturated rings. The number of hydroxylamine groups is 3. The first kappa shape index (κ1) is 9.95. The van der Waals surface area contributed by atoms with Crippen LogP contribution < -0.4 is 0 Å². The fraction of sp³-hybridized carbons (Fsp3) is 0.750. The van der Waals surface area contributed by atoms with Crippen LogP contribution in [0.4, 0.5) is 0 Å². The van der Waals surface area contributed by atoms with Gasteiger partial charge < -0.3 is 5.11 Å². The number of amides is 1. The SMILES string of the molecule is CC1(C)S[C@@H]2CC(=O)[N+]2(O)[C@H]1C(=O)O. The Morgan fingerprint density at radius 3 is 2.57 bits per heavy atom. The van der Waals surface area contributed by atoms with Gasteiger partial charge in [0.15, 0.2) is 5.37 Å². The number of carbonyl (C=O) groups excluding carboxylic acids is 1.